The molecule has 5 nitrogen and oxygen atoms in total. The number of benzene rings is 2. The average Bonchev–Trinajstić information content (AvgIpc) is 3.61. The van der Waals surface area contributed by atoms with Gasteiger partial charge in [0.2, 0.25) is 5.95 Å². The molecule has 1 saturated carbocycles. The van der Waals surface area contributed by atoms with Crippen LogP contribution < -0.4 is 4.90 Å². The Morgan fingerprint density at radius 1 is 1.00 bits per heavy atom. The van der Waals surface area contributed by atoms with Crippen molar-refractivity contribution in [1.29, 1.82) is 0 Å². The summed E-state index contributed by atoms with van der Waals surface area (Å²) >= 11 is 6.24. The molecule has 2 aromatic carbocycles. The molecule has 5 rings (SSSR count). The Kier molecular flexibility index (Phi) is 7.05. The second kappa shape index (κ2) is 10.4. The van der Waals surface area contributed by atoms with Gasteiger partial charge in [0.15, 0.2) is 0 Å². The minimum absolute atomic E-state index is 0.0101. The number of nitrogens with zero attached hydrogens (tertiary/aromatic N) is 4. The molecular weight excluding hydrogens is 456 g/mol. The molecule has 0 atom stereocenters. The quantitative estimate of drug-likeness (QED) is 0.415. The van der Waals surface area contributed by atoms with E-state index < -0.39 is 0 Å². The fourth-order valence-electron chi connectivity index (χ4n) is 5.62. The average molecular weight is 489 g/mol. The lowest BCUT2D eigenvalue weighted by molar-refractivity contribution is 0.0793. The van der Waals surface area contributed by atoms with Gasteiger partial charge in [-0.05, 0) is 55.4 Å². The van der Waals surface area contributed by atoms with Gasteiger partial charge in [0.25, 0.3) is 5.91 Å². The number of rotatable bonds is 7. The zero-order valence-electron chi connectivity index (χ0n) is 20.4. The van der Waals surface area contributed by atoms with E-state index in [9.17, 15) is 4.79 Å². The van der Waals surface area contributed by atoms with Crippen molar-refractivity contribution in [3.05, 3.63) is 88.2 Å². The van der Waals surface area contributed by atoms with Crippen LogP contribution >= 0.6 is 11.6 Å². The van der Waals surface area contributed by atoms with E-state index in [1.807, 2.05) is 42.3 Å². The van der Waals surface area contributed by atoms with Crippen LogP contribution in [0.4, 0.5) is 5.95 Å². The molecule has 1 saturated heterocycles. The summed E-state index contributed by atoms with van der Waals surface area (Å²) in [7, 11) is 1.88. The standard InChI is InChI=1S/C29H33ClN4O/c1-33(20-15-22-9-3-2-4-10-22)27(35)25-21-31-28(34-18-7-8-19-34)32-26(25)29(16-5-6-17-29)23-11-13-24(30)14-12-23/h2-4,9-14,21H,5-8,15-20H2,1H3. The van der Waals surface area contributed by atoms with E-state index in [1.54, 1.807) is 6.20 Å². The first kappa shape index (κ1) is 23.8. The number of halogens is 1. The normalized spacial score (nSPS) is 17.0. The fraction of sp³-hybridized carbons (Fsp3) is 0.414. The van der Waals surface area contributed by atoms with Crippen LogP contribution in [0.5, 0.6) is 0 Å². The molecule has 0 radical (unpaired) electrons. The molecule has 182 valence electrons. The smallest absolute Gasteiger partial charge is 0.257 e. The topological polar surface area (TPSA) is 49.3 Å². The molecular formula is C29H33ClN4O. The van der Waals surface area contributed by atoms with Crippen LogP contribution in [-0.2, 0) is 11.8 Å². The monoisotopic (exact) mass is 488 g/mol. The fourth-order valence-corrected chi connectivity index (χ4v) is 5.75. The number of aromatic nitrogens is 2. The van der Waals surface area contributed by atoms with Crippen molar-refractivity contribution in [3.8, 4) is 0 Å². The molecule has 6 heteroatoms. The number of carbonyl (C=O) groups excluding carboxylic acids is 1. The summed E-state index contributed by atoms with van der Waals surface area (Å²) in [6, 6.07) is 18.4. The summed E-state index contributed by atoms with van der Waals surface area (Å²) in [6.45, 7) is 2.58. The van der Waals surface area contributed by atoms with E-state index in [4.69, 9.17) is 21.6 Å². The van der Waals surface area contributed by atoms with Crippen molar-refractivity contribution < 1.29 is 4.79 Å². The summed E-state index contributed by atoms with van der Waals surface area (Å²) in [4.78, 5) is 27.7. The Balaban J connectivity index is 1.53. The summed E-state index contributed by atoms with van der Waals surface area (Å²) in [5.41, 5.74) is 3.62. The summed E-state index contributed by atoms with van der Waals surface area (Å²) in [6.07, 6.45) is 9.08. The number of likely N-dealkylation sites (N-methyl/N-ethyl adjacent to an activating group) is 1. The van der Waals surface area contributed by atoms with Crippen LogP contribution in [-0.4, -0.2) is 47.5 Å². The first-order chi connectivity index (χ1) is 17.1. The van der Waals surface area contributed by atoms with Gasteiger partial charge in [-0.25, -0.2) is 9.97 Å². The van der Waals surface area contributed by atoms with E-state index in [2.05, 4.69) is 29.2 Å². The van der Waals surface area contributed by atoms with E-state index in [0.29, 0.717) is 12.1 Å². The lowest BCUT2D eigenvalue weighted by atomic mass is 9.74. The van der Waals surface area contributed by atoms with Crippen molar-refractivity contribution >= 4 is 23.5 Å². The molecule has 3 aromatic rings. The molecule has 1 aliphatic carbocycles. The van der Waals surface area contributed by atoms with Gasteiger partial charge in [-0.1, -0.05) is 66.9 Å². The molecule has 0 unspecified atom stereocenters. The molecule has 0 spiro atoms. The molecule has 1 amide bonds. The van der Waals surface area contributed by atoms with Crippen LogP contribution in [0.2, 0.25) is 5.02 Å². The minimum Gasteiger partial charge on any atom is -0.341 e. The summed E-state index contributed by atoms with van der Waals surface area (Å²) in [5.74, 6) is 0.741. The van der Waals surface area contributed by atoms with Gasteiger partial charge >= 0.3 is 0 Å². The Morgan fingerprint density at radius 3 is 2.37 bits per heavy atom. The maximum absolute atomic E-state index is 13.8. The highest BCUT2D eigenvalue weighted by Gasteiger charge is 2.42. The number of anilines is 1. The SMILES string of the molecule is CN(CCc1ccccc1)C(=O)c1cnc(N2CCCC2)nc1C1(c2ccc(Cl)cc2)CCCC1. The largest absolute Gasteiger partial charge is 0.341 e. The molecule has 1 aromatic heterocycles. The van der Waals surface area contributed by atoms with Gasteiger partial charge in [0, 0.05) is 43.3 Å². The first-order valence-electron chi connectivity index (χ1n) is 12.7. The Labute approximate surface area is 213 Å². The molecule has 2 fully saturated rings. The highest BCUT2D eigenvalue weighted by molar-refractivity contribution is 6.30. The van der Waals surface area contributed by atoms with Crippen LogP contribution in [0, 0.1) is 0 Å². The van der Waals surface area contributed by atoms with Crippen LogP contribution in [0.15, 0.2) is 60.8 Å². The van der Waals surface area contributed by atoms with E-state index in [0.717, 1.165) is 74.7 Å². The lowest BCUT2D eigenvalue weighted by Gasteiger charge is -2.32. The van der Waals surface area contributed by atoms with Crippen molar-refractivity contribution in [3.63, 3.8) is 0 Å². The third-order valence-corrected chi connectivity index (χ3v) is 7.88. The predicted octanol–water partition coefficient (Wildman–Crippen LogP) is 5.91. The minimum atomic E-state index is -0.298. The van der Waals surface area contributed by atoms with Crippen molar-refractivity contribution in [2.45, 2.75) is 50.4 Å². The molecule has 35 heavy (non-hydrogen) atoms. The number of amides is 1. The maximum Gasteiger partial charge on any atom is 0.257 e. The van der Waals surface area contributed by atoms with Gasteiger partial charge < -0.3 is 9.80 Å². The predicted molar refractivity (Wildman–Crippen MR) is 141 cm³/mol. The zero-order valence-corrected chi connectivity index (χ0v) is 21.2. The van der Waals surface area contributed by atoms with E-state index in [1.165, 1.54) is 11.1 Å². The third kappa shape index (κ3) is 4.92. The number of carbonyl (C=O) groups is 1. The molecule has 0 N–H and O–H groups in total. The van der Waals surface area contributed by atoms with Gasteiger partial charge in [-0.2, -0.15) is 0 Å². The van der Waals surface area contributed by atoms with Crippen molar-refractivity contribution in [1.82, 2.24) is 14.9 Å². The Hall–Kier alpha value is -2.92. The molecule has 0 bridgehead atoms. The second-order valence-electron chi connectivity index (χ2n) is 9.88. The summed E-state index contributed by atoms with van der Waals surface area (Å²) in [5, 5.41) is 0.722. The third-order valence-electron chi connectivity index (χ3n) is 7.63. The van der Waals surface area contributed by atoms with Gasteiger partial charge in [0.1, 0.15) is 0 Å². The Morgan fingerprint density at radius 2 is 1.69 bits per heavy atom. The number of hydrogen-bond acceptors (Lipinski definition) is 4. The number of hydrogen-bond donors (Lipinski definition) is 0. The zero-order chi connectivity index (χ0) is 24.3. The highest BCUT2D eigenvalue weighted by atomic mass is 35.5. The van der Waals surface area contributed by atoms with Gasteiger partial charge in [0.05, 0.1) is 11.3 Å². The van der Waals surface area contributed by atoms with Crippen LogP contribution in [0.1, 0.15) is 65.7 Å². The first-order valence-corrected chi connectivity index (χ1v) is 13.1. The van der Waals surface area contributed by atoms with Crippen molar-refractivity contribution in [2.24, 2.45) is 0 Å². The van der Waals surface area contributed by atoms with E-state index in [-0.39, 0.29) is 11.3 Å². The van der Waals surface area contributed by atoms with Crippen LogP contribution in [0.3, 0.4) is 0 Å². The summed E-state index contributed by atoms with van der Waals surface area (Å²) < 4.78 is 0. The maximum atomic E-state index is 13.8. The molecule has 1 aliphatic heterocycles. The Bertz CT molecular complexity index is 1150. The van der Waals surface area contributed by atoms with Crippen LogP contribution in [0.25, 0.3) is 0 Å². The molecule has 2 aliphatic rings. The van der Waals surface area contributed by atoms with Gasteiger partial charge in [-0.3, -0.25) is 4.79 Å². The van der Waals surface area contributed by atoms with Crippen molar-refractivity contribution in [2.75, 3.05) is 31.6 Å². The second-order valence-corrected chi connectivity index (χ2v) is 10.3. The van der Waals surface area contributed by atoms with E-state index >= 15 is 0 Å². The highest BCUT2D eigenvalue weighted by Crippen LogP contribution is 2.47. The van der Waals surface area contributed by atoms with Gasteiger partial charge in [-0.15, -0.1) is 0 Å². The lowest BCUT2D eigenvalue weighted by Crippen LogP contribution is -2.35. The molecule has 2 heterocycles.